The summed E-state index contributed by atoms with van der Waals surface area (Å²) < 4.78 is 9.17. The Balaban J connectivity index is 1.46. The molecule has 0 N–H and O–H groups in total. The summed E-state index contributed by atoms with van der Waals surface area (Å²) in [5.74, 6) is 2.67. The molecule has 0 saturated carbocycles. The van der Waals surface area contributed by atoms with Crippen molar-refractivity contribution in [2.45, 2.75) is 13.8 Å². The molecule has 3 aromatic heterocycles. The van der Waals surface area contributed by atoms with Crippen molar-refractivity contribution < 1.29 is 4.74 Å². The summed E-state index contributed by atoms with van der Waals surface area (Å²) in [6.45, 7) is 4.00. The van der Waals surface area contributed by atoms with Gasteiger partial charge in [0.2, 0.25) is 5.88 Å². The zero-order valence-corrected chi connectivity index (χ0v) is 15.8. The van der Waals surface area contributed by atoms with E-state index in [1.165, 1.54) is 4.63 Å². The summed E-state index contributed by atoms with van der Waals surface area (Å²) in [6.07, 6.45) is 0. The minimum Gasteiger partial charge on any atom is -0.438 e. The molecule has 29 heavy (non-hydrogen) atoms. The third-order valence-electron chi connectivity index (χ3n) is 4.57. The van der Waals surface area contributed by atoms with Gasteiger partial charge in [0.05, 0.1) is 0 Å². The quantitative estimate of drug-likeness (QED) is 0.469. The highest BCUT2D eigenvalue weighted by Gasteiger charge is 2.14. The van der Waals surface area contributed by atoms with Gasteiger partial charge in [0.25, 0.3) is 0 Å². The first-order valence-corrected chi connectivity index (χ1v) is 9.01. The molecule has 5 rings (SSSR count). The summed E-state index contributed by atoms with van der Waals surface area (Å²) in [5.41, 5.74) is 3.69. The average molecular weight is 384 g/mol. The first-order chi connectivity index (χ1) is 14.2. The van der Waals surface area contributed by atoms with Gasteiger partial charge in [-0.25, -0.2) is 0 Å². The van der Waals surface area contributed by atoms with Crippen molar-refractivity contribution in [1.29, 1.82) is 0 Å². The van der Waals surface area contributed by atoms with Crippen molar-refractivity contribution in [2.24, 2.45) is 0 Å². The van der Waals surface area contributed by atoms with Gasteiger partial charge in [-0.05, 0) is 60.2 Å². The Morgan fingerprint density at radius 1 is 0.828 bits per heavy atom. The zero-order chi connectivity index (χ0) is 19.8. The van der Waals surface area contributed by atoms with Gasteiger partial charge >= 0.3 is 0 Å². The van der Waals surface area contributed by atoms with Crippen molar-refractivity contribution in [3.8, 4) is 28.7 Å². The molecule has 0 radical (unpaired) electrons. The number of hydrogen-bond acceptors (Lipinski definition) is 7. The topological polar surface area (TPSA) is 95.9 Å². The Bertz CT molecular complexity index is 1310. The van der Waals surface area contributed by atoms with Crippen LogP contribution in [-0.4, -0.2) is 40.0 Å². The summed E-state index contributed by atoms with van der Waals surface area (Å²) in [6, 6.07) is 19.3. The van der Waals surface area contributed by atoms with Gasteiger partial charge in [-0.1, -0.05) is 24.3 Å². The second-order valence-corrected chi connectivity index (χ2v) is 6.52. The average Bonchev–Trinajstić information content (AvgIpc) is 3.35. The fourth-order valence-corrected chi connectivity index (χ4v) is 3.14. The van der Waals surface area contributed by atoms with Crippen LogP contribution in [0.1, 0.15) is 11.4 Å². The van der Waals surface area contributed by atoms with E-state index in [1.807, 2.05) is 54.0 Å². The maximum atomic E-state index is 5.82. The minimum absolute atomic E-state index is 0.402. The van der Waals surface area contributed by atoms with Crippen LogP contribution < -0.4 is 4.74 Å². The molecule has 5 aromatic rings. The molecule has 0 aliphatic heterocycles. The Hall–Kier alpha value is -4.14. The van der Waals surface area contributed by atoms with Gasteiger partial charge in [0.1, 0.15) is 11.6 Å². The molecule has 0 aliphatic rings. The SMILES string of the molecule is Cc1ccccc1-c1nnc(C)n1-c1ccc(Oc2ccc3nnnn3n2)cc1. The zero-order valence-electron chi connectivity index (χ0n) is 15.8. The molecule has 0 amide bonds. The van der Waals surface area contributed by atoms with E-state index in [0.29, 0.717) is 17.3 Å². The lowest BCUT2D eigenvalue weighted by molar-refractivity contribution is 0.447. The van der Waals surface area contributed by atoms with Crippen molar-refractivity contribution in [3.05, 3.63) is 72.1 Å². The minimum atomic E-state index is 0.402. The van der Waals surface area contributed by atoms with E-state index in [2.05, 4.69) is 43.8 Å². The summed E-state index contributed by atoms with van der Waals surface area (Å²) in [4.78, 5) is 0. The number of nitrogens with zero attached hydrogens (tertiary/aromatic N) is 8. The van der Waals surface area contributed by atoms with Crippen LogP contribution in [0.25, 0.3) is 22.7 Å². The van der Waals surface area contributed by atoms with E-state index in [-0.39, 0.29) is 0 Å². The fourth-order valence-electron chi connectivity index (χ4n) is 3.14. The number of aryl methyl sites for hydroxylation is 2. The van der Waals surface area contributed by atoms with E-state index in [4.69, 9.17) is 4.74 Å². The number of rotatable bonds is 4. The van der Waals surface area contributed by atoms with Crippen LogP contribution in [0.3, 0.4) is 0 Å². The molecule has 2 aromatic carbocycles. The van der Waals surface area contributed by atoms with Gasteiger partial charge in [0, 0.05) is 17.3 Å². The molecule has 142 valence electrons. The van der Waals surface area contributed by atoms with Gasteiger partial charge in [0.15, 0.2) is 11.5 Å². The lowest BCUT2D eigenvalue weighted by Gasteiger charge is -2.11. The largest absolute Gasteiger partial charge is 0.438 e. The molecular weight excluding hydrogens is 368 g/mol. The molecule has 0 atom stereocenters. The number of hydrogen-bond donors (Lipinski definition) is 0. The van der Waals surface area contributed by atoms with Crippen LogP contribution in [0.15, 0.2) is 60.7 Å². The standard InChI is InChI=1S/C20H16N8O/c1-13-5-3-4-6-17(13)20-23-21-14(2)27(20)15-7-9-16(10-8-15)29-19-12-11-18-22-25-26-28(18)24-19/h3-12H,1-2H3. The molecule has 0 fully saturated rings. The van der Waals surface area contributed by atoms with E-state index in [1.54, 1.807) is 12.1 Å². The molecular formula is C20H16N8O. The Labute approximate surface area is 165 Å². The normalized spacial score (nSPS) is 11.1. The lowest BCUT2D eigenvalue weighted by atomic mass is 10.1. The van der Waals surface area contributed by atoms with Crippen LogP contribution in [0.5, 0.6) is 11.6 Å². The van der Waals surface area contributed by atoms with Crippen LogP contribution in [0, 0.1) is 13.8 Å². The third kappa shape index (κ3) is 3.08. The molecule has 0 bridgehead atoms. The molecule has 0 unspecified atom stereocenters. The molecule has 9 nitrogen and oxygen atoms in total. The summed E-state index contributed by atoms with van der Waals surface area (Å²) in [7, 11) is 0. The van der Waals surface area contributed by atoms with E-state index in [0.717, 1.165) is 28.5 Å². The Morgan fingerprint density at radius 2 is 1.66 bits per heavy atom. The maximum Gasteiger partial charge on any atom is 0.239 e. The molecule has 0 spiro atoms. The highest BCUT2D eigenvalue weighted by atomic mass is 16.5. The predicted octanol–water partition coefficient (Wildman–Crippen LogP) is 3.18. The predicted molar refractivity (Wildman–Crippen MR) is 105 cm³/mol. The monoisotopic (exact) mass is 384 g/mol. The van der Waals surface area contributed by atoms with Crippen LogP contribution in [-0.2, 0) is 0 Å². The lowest BCUT2D eigenvalue weighted by Crippen LogP contribution is -2.01. The van der Waals surface area contributed by atoms with Gasteiger partial charge in [-0.2, -0.15) is 0 Å². The summed E-state index contributed by atoms with van der Waals surface area (Å²) >= 11 is 0. The first kappa shape index (κ1) is 17.0. The fraction of sp³-hybridized carbons (Fsp3) is 0.100. The first-order valence-electron chi connectivity index (χ1n) is 9.01. The van der Waals surface area contributed by atoms with E-state index >= 15 is 0 Å². The van der Waals surface area contributed by atoms with Crippen molar-refractivity contribution in [3.63, 3.8) is 0 Å². The number of fused-ring (bicyclic) bond motifs is 1. The Morgan fingerprint density at radius 3 is 2.48 bits per heavy atom. The maximum absolute atomic E-state index is 5.82. The van der Waals surface area contributed by atoms with Gasteiger partial charge < -0.3 is 4.74 Å². The number of aromatic nitrogens is 8. The smallest absolute Gasteiger partial charge is 0.239 e. The highest BCUT2D eigenvalue weighted by molar-refractivity contribution is 5.62. The number of tetrazole rings is 1. The molecule has 0 aliphatic carbocycles. The third-order valence-corrected chi connectivity index (χ3v) is 4.57. The molecule has 3 heterocycles. The number of benzene rings is 2. The second-order valence-electron chi connectivity index (χ2n) is 6.52. The van der Waals surface area contributed by atoms with E-state index < -0.39 is 0 Å². The van der Waals surface area contributed by atoms with E-state index in [9.17, 15) is 0 Å². The van der Waals surface area contributed by atoms with Gasteiger partial charge in [-0.15, -0.1) is 25.0 Å². The van der Waals surface area contributed by atoms with Crippen molar-refractivity contribution in [2.75, 3.05) is 0 Å². The molecule has 0 saturated heterocycles. The Kier molecular flexibility index (Phi) is 3.98. The van der Waals surface area contributed by atoms with Gasteiger partial charge in [-0.3, -0.25) is 4.57 Å². The summed E-state index contributed by atoms with van der Waals surface area (Å²) in [5, 5.41) is 24.0. The highest BCUT2D eigenvalue weighted by Crippen LogP contribution is 2.27. The van der Waals surface area contributed by atoms with Crippen LogP contribution in [0.4, 0.5) is 0 Å². The van der Waals surface area contributed by atoms with Crippen LogP contribution in [0.2, 0.25) is 0 Å². The number of ether oxygens (including phenoxy) is 1. The van der Waals surface area contributed by atoms with Crippen molar-refractivity contribution >= 4 is 5.65 Å². The van der Waals surface area contributed by atoms with Crippen molar-refractivity contribution in [1.82, 2.24) is 40.0 Å². The molecule has 9 heteroatoms. The second kappa shape index (κ2) is 6.79. The van der Waals surface area contributed by atoms with Crippen LogP contribution >= 0.6 is 0 Å².